The van der Waals surface area contributed by atoms with Gasteiger partial charge in [-0.2, -0.15) is 0 Å². The largest absolute Gasteiger partial charge is 0.357 e. The molecule has 1 unspecified atom stereocenters. The van der Waals surface area contributed by atoms with Crippen LogP contribution in [0.3, 0.4) is 0 Å². The van der Waals surface area contributed by atoms with Crippen LogP contribution in [-0.4, -0.2) is 49.5 Å². The van der Waals surface area contributed by atoms with Crippen LogP contribution in [0.1, 0.15) is 43.2 Å². The predicted octanol–water partition coefficient (Wildman–Crippen LogP) is 2.51. The maximum Gasteiger partial charge on any atom is 0.222 e. The lowest BCUT2D eigenvalue weighted by Gasteiger charge is -2.29. The predicted molar refractivity (Wildman–Crippen MR) is 113 cm³/mol. The Hall–Kier alpha value is -1.31. The van der Waals surface area contributed by atoms with E-state index in [1.807, 2.05) is 4.90 Å². The van der Waals surface area contributed by atoms with Gasteiger partial charge in [-0.25, -0.2) is 0 Å². The van der Waals surface area contributed by atoms with E-state index in [4.69, 9.17) is 4.99 Å². The summed E-state index contributed by atoms with van der Waals surface area (Å²) in [7, 11) is 0. The highest BCUT2D eigenvalue weighted by Crippen LogP contribution is 2.34. The van der Waals surface area contributed by atoms with Gasteiger partial charge in [0.1, 0.15) is 0 Å². The number of carbonyl (C=O) groups excluding carboxylic acids is 1. The van der Waals surface area contributed by atoms with E-state index in [1.54, 1.807) is 0 Å². The van der Waals surface area contributed by atoms with Gasteiger partial charge in [0.05, 0.1) is 0 Å². The summed E-state index contributed by atoms with van der Waals surface area (Å²) in [6.45, 7) is 6.39. The van der Waals surface area contributed by atoms with Crippen molar-refractivity contribution in [1.29, 1.82) is 0 Å². The van der Waals surface area contributed by atoms with Gasteiger partial charge < -0.3 is 15.5 Å². The third kappa shape index (κ3) is 5.33. The molecule has 1 saturated heterocycles. The van der Waals surface area contributed by atoms with Crippen LogP contribution in [0, 0.1) is 0 Å². The molecule has 1 fully saturated rings. The average Bonchev–Trinajstić information content (AvgIpc) is 2.97. The lowest BCUT2D eigenvalue weighted by atomic mass is 9.78. The second-order valence-electron chi connectivity index (χ2n) is 6.58. The zero-order valence-electron chi connectivity index (χ0n) is 15.0. The van der Waals surface area contributed by atoms with Gasteiger partial charge in [0, 0.05) is 45.1 Å². The summed E-state index contributed by atoms with van der Waals surface area (Å²) in [5, 5.41) is 6.69. The molecular formula is C19H29IN4O. The lowest BCUT2D eigenvalue weighted by molar-refractivity contribution is -0.127. The van der Waals surface area contributed by atoms with Gasteiger partial charge in [-0.1, -0.05) is 24.3 Å². The normalized spacial score (nSPS) is 19.1. The van der Waals surface area contributed by atoms with Gasteiger partial charge in [-0.3, -0.25) is 9.79 Å². The van der Waals surface area contributed by atoms with Gasteiger partial charge in [-0.15, -0.1) is 24.0 Å². The number of amides is 1. The number of likely N-dealkylation sites (tertiary alicyclic amines) is 1. The quantitative estimate of drug-likeness (QED) is 0.287. The highest BCUT2D eigenvalue weighted by molar-refractivity contribution is 14.0. The Balaban J connectivity index is 0.00000225. The van der Waals surface area contributed by atoms with Crippen LogP contribution in [0.5, 0.6) is 0 Å². The molecule has 1 heterocycles. The van der Waals surface area contributed by atoms with E-state index >= 15 is 0 Å². The molecule has 6 heteroatoms. The van der Waals surface area contributed by atoms with Crippen LogP contribution in [0.4, 0.5) is 0 Å². The number of nitrogens with zero attached hydrogens (tertiary/aromatic N) is 2. The molecule has 1 atom stereocenters. The molecule has 3 rings (SSSR count). The number of nitrogens with one attached hydrogen (secondary N) is 2. The molecule has 1 amide bonds. The molecule has 2 aliphatic rings. The van der Waals surface area contributed by atoms with E-state index in [1.165, 1.54) is 11.1 Å². The number of hydrogen-bond donors (Lipinski definition) is 2. The van der Waals surface area contributed by atoms with Crippen molar-refractivity contribution in [2.75, 3.05) is 32.7 Å². The van der Waals surface area contributed by atoms with Crippen LogP contribution in [0.15, 0.2) is 29.3 Å². The molecule has 0 bridgehead atoms. The number of halogens is 1. The summed E-state index contributed by atoms with van der Waals surface area (Å²) < 4.78 is 0. The Labute approximate surface area is 167 Å². The topological polar surface area (TPSA) is 56.7 Å². The first-order valence-corrected chi connectivity index (χ1v) is 9.15. The van der Waals surface area contributed by atoms with Crippen molar-refractivity contribution in [3.63, 3.8) is 0 Å². The summed E-state index contributed by atoms with van der Waals surface area (Å²) in [5.41, 5.74) is 2.91. The molecular weight excluding hydrogens is 427 g/mol. The molecule has 1 aromatic carbocycles. The SMILES string of the molecule is CCNC(=NCC1Cc2ccccc21)NCCCN1CCCC1=O.I. The minimum atomic E-state index is 0. The van der Waals surface area contributed by atoms with Crippen molar-refractivity contribution < 1.29 is 4.79 Å². The standard InChI is InChI=1S/C19H28N4O.HI/c1-2-20-19(21-10-6-12-23-11-5-9-18(23)24)22-14-16-13-15-7-3-4-8-17(15)16;/h3-4,7-8,16H,2,5-6,9-14H2,1H3,(H2,20,21,22);1H. The molecule has 2 N–H and O–H groups in total. The highest BCUT2D eigenvalue weighted by Gasteiger charge is 2.25. The third-order valence-electron chi connectivity index (χ3n) is 4.84. The number of fused-ring (bicyclic) bond motifs is 1. The van der Waals surface area contributed by atoms with Crippen molar-refractivity contribution in [1.82, 2.24) is 15.5 Å². The Kier molecular flexibility index (Phi) is 7.99. The van der Waals surface area contributed by atoms with Crippen molar-refractivity contribution >= 4 is 35.8 Å². The summed E-state index contributed by atoms with van der Waals surface area (Å²) in [6, 6.07) is 8.64. The van der Waals surface area contributed by atoms with Crippen LogP contribution in [0.25, 0.3) is 0 Å². The molecule has 138 valence electrons. The van der Waals surface area contributed by atoms with E-state index in [2.05, 4.69) is 41.8 Å². The summed E-state index contributed by atoms with van der Waals surface area (Å²) in [5.74, 6) is 1.74. The maximum absolute atomic E-state index is 11.6. The van der Waals surface area contributed by atoms with E-state index < -0.39 is 0 Å². The molecule has 0 saturated carbocycles. The molecule has 1 aliphatic carbocycles. The summed E-state index contributed by atoms with van der Waals surface area (Å²) in [6.07, 6.45) is 3.83. The summed E-state index contributed by atoms with van der Waals surface area (Å²) in [4.78, 5) is 18.3. The van der Waals surface area contributed by atoms with E-state index in [9.17, 15) is 4.79 Å². The zero-order chi connectivity index (χ0) is 16.8. The number of rotatable bonds is 7. The molecule has 0 radical (unpaired) electrons. The van der Waals surface area contributed by atoms with Crippen LogP contribution >= 0.6 is 24.0 Å². The van der Waals surface area contributed by atoms with Gasteiger partial charge in [-0.05, 0) is 37.3 Å². The minimum absolute atomic E-state index is 0. The lowest BCUT2D eigenvalue weighted by Crippen LogP contribution is -2.39. The Morgan fingerprint density at radius 1 is 1.32 bits per heavy atom. The zero-order valence-corrected chi connectivity index (χ0v) is 17.3. The fraction of sp³-hybridized carbons (Fsp3) is 0.579. The molecule has 25 heavy (non-hydrogen) atoms. The van der Waals surface area contributed by atoms with Crippen molar-refractivity contribution in [3.8, 4) is 0 Å². The molecule has 1 aliphatic heterocycles. The highest BCUT2D eigenvalue weighted by atomic mass is 127. The fourth-order valence-electron chi connectivity index (χ4n) is 3.49. The van der Waals surface area contributed by atoms with Crippen LogP contribution in [-0.2, 0) is 11.2 Å². The fourth-order valence-corrected chi connectivity index (χ4v) is 3.49. The molecule has 0 aromatic heterocycles. The number of guanidine groups is 1. The maximum atomic E-state index is 11.6. The van der Waals surface area contributed by atoms with E-state index in [-0.39, 0.29) is 24.0 Å². The monoisotopic (exact) mass is 456 g/mol. The Morgan fingerprint density at radius 2 is 2.16 bits per heavy atom. The van der Waals surface area contributed by atoms with Crippen LogP contribution in [0.2, 0.25) is 0 Å². The third-order valence-corrected chi connectivity index (χ3v) is 4.84. The van der Waals surface area contributed by atoms with E-state index in [0.29, 0.717) is 11.8 Å². The molecule has 5 nitrogen and oxygen atoms in total. The molecule has 0 spiro atoms. The van der Waals surface area contributed by atoms with Crippen LogP contribution < -0.4 is 10.6 Å². The first-order valence-electron chi connectivity index (χ1n) is 9.15. The number of benzene rings is 1. The smallest absolute Gasteiger partial charge is 0.222 e. The van der Waals surface area contributed by atoms with E-state index in [0.717, 1.165) is 64.4 Å². The minimum Gasteiger partial charge on any atom is -0.357 e. The Bertz CT molecular complexity index is 605. The molecule has 1 aromatic rings. The van der Waals surface area contributed by atoms with Gasteiger partial charge in [0.15, 0.2) is 5.96 Å². The second-order valence-corrected chi connectivity index (χ2v) is 6.58. The van der Waals surface area contributed by atoms with Gasteiger partial charge >= 0.3 is 0 Å². The second kappa shape index (κ2) is 9.99. The van der Waals surface area contributed by atoms with Crippen molar-refractivity contribution in [3.05, 3.63) is 35.4 Å². The first-order chi connectivity index (χ1) is 11.8. The van der Waals surface area contributed by atoms with Gasteiger partial charge in [0.25, 0.3) is 0 Å². The number of carbonyl (C=O) groups is 1. The number of hydrogen-bond acceptors (Lipinski definition) is 2. The number of aliphatic imine (C=N–C) groups is 1. The van der Waals surface area contributed by atoms with Crippen molar-refractivity contribution in [2.24, 2.45) is 4.99 Å². The Morgan fingerprint density at radius 3 is 2.88 bits per heavy atom. The first kappa shape index (κ1) is 20.0. The summed E-state index contributed by atoms with van der Waals surface area (Å²) >= 11 is 0. The van der Waals surface area contributed by atoms with Crippen molar-refractivity contribution in [2.45, 2.75) is 38.5 Å². The average molecular weight is 456 g/mol. The van der Waals surface area contributed by atoms with Gasteiger partial charge in [0.2, 0.25) is 5.91 Å².